The molecule has 4 heteroatoms. The van der Waals surface area contributed by atoms with Crippen LogP contribution in [-0.2, 0) is 12.3 Å². The van der Waals surface area contributed by atoms with Crippen LogP contribution in [0.1, 0.15) is 50.2 Å². The molecular formula is C17H21ClN2O. The Balaban J connectivity index is 2.18. The SMILES string of the molecule is CCCc1ccc(Oc2cnc(C(C)C)nc2CCl)cc1. The van der Waals surface area contributed by atoms with Gasteiger partial charge in [0.05, 0.1) is 12.1 Å². The van der Waals surface area contributed by atoms with E-state index < -0.39 is 0 Å². The maximum Gasteiger partial charge on any atom is 0.168 e. The summed E-state index contributed by atoms with van der Waals surface area (Å²) in [6.45, 7) is 6.28. The van der Waals surface area contributed by atoms with Crippen molar-refractivity contribution in [1.29, 1.82) is 0 Å². The fraction of sp³-hybridized carbons (Fsp3) is 0.412. The number of alkyl halides is 1. The van der Waals surface area contributed by atoms with Crippen molar-refractivity contribution < 1.29 is 4.74 Å². The molecule has 0 unspecified atom stereocenters. The van der Waals surface area contributed by atoms with Crippen molar-refractivity contribution >= 4 is 11.6 Å². The molecule has 0 atom stereocenters. The molecule has 0 saturated heterocycles. The van der Waals surface area contributed by atoms with Crippen LogP contribution in [0.4, 0.5) is 0 Å². The van der Waals surface area contributed by atoms with Crippen LogP contribution in [0.25, 0.3) is 0 Å². The number of rotatable bonds is 6. The van der Waals surface area contributed by atoms with Gasteiger partial charge in [0, 0.05) is 5.92 Å². The Morgan fingerprint density at radius 3 is 2.48 bits per heavy atom. The lowest BCUT2D eigenvalue weighted by atomic mass is 10.1. The zero-order chi connectivity index (χ0) is 15.2. The lowest BCUT2D eigenvalue weighted by Gasteiger charge is -2.11. The van der Waals surface area contributed by atoms with Gasteiger partial charge in [0.25, 0.3) is 0 Å². The molecule has 1 aromatic carbocycles. The monoisotopic (exact) mass is 304 g/mol. The quantitative estimate of drug-likeness (QED) is 0.698. The van der Waals surface area contributed by atoms with Gasteiger partial charge >= 0.3 is 0 Å². The van der Waals surface area contributed by atoms with E-state index in [4.69, 9.17) is 16.3 Å². The number of hydrogen-bond donors (Lipinski definition) is 0. The lowest BCUT2D eigenvalue weighted by Crippen LogP contribution is -2.02. The molecule has 0 aliphatic rings. The van der Waals surface area contributed by atoms with Gasteiger partial charge in [-0.1, -0.05) is 39.3 Å². The molecule has 0 N–H and O–H groups in total. The smallest absolute Gasteiger partial charge is 0.168 e. The fourth-order valence-corrected chi connectivity index (χ4v) is 2.21. The van der Waals surface area contributed by atoms with Crippen molar-refractivity contribution in [3.8, 4) is 11.5 Å². The standard InChI is InChI=1S/C17H21ClN2O/c1-4-5-13-6-8-14(9-7-13)21-16-11-19-17(12(2)3)20-15(16)10-18/h6-9,11-12H,4-5,10H2,1-3H3. The summed E-state index contributed by atoms with van der Waals surface area (Å²) in [6, 6.07) is 8.11. The second-order valence-electron chi connectivity index (χ2n) is 5.32. The van der Waals surface area contributed by atoms with Gasteiger partial charge in [-0.15, -0.1) is 11.6 Å². The number of hydrogen-bond acceptors (Lipinski definition) is 3. The summed E-state index contributed by atoms with van der Waals surface area (Å²) in [4.78, 5) is 8.80. The first-order valence-electron chi connectivity index (χ1n) is 7.32. The average molecular weight is 305 g/mol. The first-order chi connectivity index (χ1) is 10.1. The third kappa shape index (κ3) is 4.18. The van der Waals surface area contributed by atoms with E-state index in [-0.39, 0.29) is 5.92 Å². The van der Waals surface area contributed by atoms with Crippen LogP contribution in [0.3, 0.4) is 0 Å². The number of ether oxygens (including phenoxy) is 1. The highest BCUT2D eigenvalue weighted by Gasteiger charge is 2.11. The molecule has 112 valence electrons. The number of halogens is 1. The van der Waals surface area contributed by atoms with Crippen molar-refractivity contribution in [3.05, 3.63) is 47.5 Å². The normalized spacial score (nSPS) is 10.9. The Bertz CT molecular complexity index is 582. The van der Waals surface area contributed by atoms with Crippen LogP contribution in [0, 0.1) is 0 Å². The van der Waals surface area contributed by atoms with E-state index in [1.54, 1.807) is 6.20 Å². The third-order valence-corrected chi connectivity index (χ3v) is 3.43. The summed E-state index contributed by atoms with van der Waals surface area (Å²) in [6.07, 6.45) is 3.93. The minimum atomic E-state index is 0.273. The predicted octanol–water partition coefficient (Wildman–Crippen LogP) is 5.08. The molecule has 0 spiro atoms. The van der Waals surface area contributed by atoms with Crippen LogP contribution < -0.4 is 4.74 Å². The fourth-order valence-electron chi connectivity index (χ4n) is 2.02. The van der Waals surface area contributed by atoms with Gasteiger partial charge in [0.2, 0.25) is 0 Å². The van der Waals surface area contributed by atoms with Crippen LogP contribution in [0.5, 0.6) is 11.5 Å². The lowest BCUT2D eigenvalue weighted by molar-refractivity contribution is 0.469. The maximum atomic E-state index is 5.97. The summed E-state index contributed by atoms with van der Waals surface area (Å²) in [7, 11) is 0. The largest absolute Gasteiger partial charge is 0.454 e. The van der Waals surface area contributed by atoms with Gasteiger partial charge in [-0.25, -0.2) is 9.97 Å². The zero-order valence-electron chi connectivity index (χ0n) is 12.8. The van der Waals surface area contributed by atoms with Crippen molar-refractivity contribution in [1.82, 2.24) is 9.97 Å². The van der Waals surface area contributed by atoms with Crippen molar-refractivity contribution in [2.75, 3.05) is 0 Å². The molecule has 0 aliphatic carbocycles. The van der Waals surface area contributed by atoms with Crippen molar-refractivity contribution in [2.45, 2.75) is 45.4 Å². The van der Waals surface area contributed by atoms with E-state index in [0.29, 0.717) is 11.6 Å². The zero-order valence-corrected chi connectivity index (χ0v) is 13.5. The summed E-state index contributed by atoms with van der Waals surface area (Å²) >= 11 is 5.97. The molecule has 1 aromatic heterocycles. The summed E-state index contributed by atoms with van der Waals surface area (Å²) in [5, 5.41) is 0. The van der Waals surface area contributed by atoms with Crippen LogP contribution >= 0.6 is 11.6 Å². The van der Waals surface area contributed by atoms with Crippen LogP contribution in [0.15, 0.2) is 30.5 Å². The van der Waals surface area contributed by atoms with E-state index >= 15 is 0 Å². The molecule has 0 saturated carbocycles. The highest BCUT2D eigenvalue weighted by atomic mass is 35.5. The van der Waals surface area contributed by atoms with Crippen LogP contribution in [-0.4, -0.2) is 9.97 Å². The predicted molar refractivity (Wildman–Crippen MR) is 86.2 cm³/mol. The number of aryl methyl sites for hydroxylation is 1. The third-order valence-electron chi connectivity index (χ3n) is 3.18. The first kappa shape index (κ1) is 15.8. The van der Waals surface area contributed by atoms with Gasteiger partial charge in [-0.05, 0) is 24.1 Å². The van der Waals surface area contributed by atoms with Gasteiger partial charge in [-0.3, -0.25) is 0 Å². The minimum Gasteiger partial charge on any atom is -0.454 e. The average Bonchev–Trinajstić information content (AvgIpc) is 2.49. The molecule has 1 heterocycles. The summed E-state index contributed by atoms with van der Waals surface area (Å²) in [5.41, 5.74) is 2.04. The minimum absolute atomic E-state index is 0.273. The molecule has 2 rings (SSSR count). The Kier molecular flexibility index (Phi) is 5.57. The van der Waals surface area contributed by atoms with Crippen LogP contribution in [0.2, 0.25) is 0 Å². The number of aromatic nitrogens is 2. The Morgan fingerprint density at radius 1 is 1.19 bits per heavy atom. The number of benzene rings is 1. The van der Waals surface area contributed by atoms with Gasteiger partial charge < -0.3 is 4.74 Å². The van der Waals surface area contributed by atoms with Crippen molar-refractivity contribution in [2.24, 2.45) is 0 Å². The van der Waals surface area contributed by atoms with Gasteiger partial charge in [0.1, 0.15) is 17.3 Å². The van der Waals surface area contributed by atoms with Gasteiger partial charge in [0.15, 0.2) is 5.75 Å². The van der Waals surface area contributed by atoms with E-state index in [9.17, 15) is 0 Å². The second-order valence-corrected chi connectivity index (χ2v) is 5.59. The molecule has 0 fully saturated rings. The topological polar surface area (TPSA) is 35.0 Å². The Hall–Kier alpha value is -1.61. The van der Waals surface area contributed by atoms with E-state index in [1.165, 1.54) is 5.56 Å². The highest BCUT2D eigenvalue weighted by molar-refractivity contribution is 6.17. The Labute approximate surface area is 131 Å². The highest BCUT2D eigenvalue weighted by Crippen LogP contribution is 2.26. The molecule has 0 bridgehead atoms. The maximum absolute atomic E-state index is 5.97. The molecule has 2 aromatic rings. The Morgan fingerprint density at radius 2 is 1.90 bits per heavy atom. The van der Waals surface area contributed by atoms with E-state index in [2.05, 4.69) is 42.9 Å². The molecule has 0 amide bonds. The molecular weight excluding hydrogens is 284 g/mol. The molecule has 3 nitrogen and oxygen atoms in total. The summed E-state index contributed by atoms with van der Waals surface area (Å²) < 4.78 is 5.86. The molecule has 0 aliphatic heterocycles. The van der Waals surface area contributed by atoms with E-state index in [0.717, 1.165) is 30.1 Å². The summed E-state index contributed by atoms with van der Waals surface area (Å²) in [5.74, 6) is 2.77. The second kappa shape index (κ2) is 7.41. The molecule has 21 heavy (non-hydrogen) atoms. The van der Waals surface area contributed by atoms with E-state index in [1.807, 2.05) is 12.1 Å². The molecule has 0 radical (unpaired) electrons. The van der Waals surface area contributed by atoms with Gasteiger partial charge in [-0.2, -0.15) is 0 Å². The number of nitrogens with zero attached hydrogens (tertiary/aromatic N) is 2. The first-order valence-corrected chi connectivity index (χ1v) is 7.86. The van der Waals surface area contributed by atoms with Crippen molar-refractivity contribution in [3.63, 3.8) is 0 Å².